The van der Waals surface area contributed by atoms with E-state index in [0.717, 1.165) is 22.6 Å². The second kappa shape index (κ2) is 5.18. The molecule has 6 heteroatoms. The predicted octanol–water partition coefficient (Wildman–Crippen LogP) is 4.03. The summed E-state index contributed by atoms with van der Waals surface area (Å²) in [7, 11) is 0. The molecule has 1 saturated carbocycles. The van der Waals surface area contributed by atoms with Gasteiger partial charge in [-0.25, -0.2) is 9.97 Å². The Labute approximate surface area is 132 Å². The van der Waals surface area contributed by atoms with Gasteiger partial charge in [0.1, 0.15) is 5.82 Å². The Kier molecular flexibility index (Phi) is 3.15. The van der Waals surface area contributed by atoms with Gasteiger partial charge in [-0.2, -0.15) is 0 Å². The summed E-state index contributed by atoms with van der Waals surface area (Å²) < 4.78 is 5.75. The fraction of sp³-hybridized carbons (Fsp3) is 0.250. The molecule has 0 aliphatic heterocycles. The topological polar surface area (TPSA) is 64.7 Å². The summed E-state index contributed by atoms with van der Waals surface area (Å²) in [5.41, 5.74) is 2.47. The fourth-order valence-electron chi connectivity index (χ4n) is 2.27. The van der Waals surface area contributed by atoms with Gasteiger partial charge >= 0.3 is 0 Å². The number of hydrogen-bond donors (Lipinski definition) is 0. The minimum Gasteiger partial charge on any atom is -0.416 e. The van der Waals surface area contributed by atoms with Crippen LogP contribution in [0.25, 0.3) is 22.9 Å². The van der Waals surface area contributed by atoms with Crippen molar-refractivity contribution in [1.29, 1.82) is 0 Å². The monoisotopic (exact) mass is 312 g/mol. The molecule has 0 saturated heterocycles. The van der Waals surface area contributed by atoms with Crippen molar-refractivity contribution in [3.8, 4) is 22.9 Å². The van der Waals surface area contributed by atoms with Gasteiger partial charge in [0, 0.05) is 22.7 Å². The van der Waals surface area contributed by atoms with Gasteiger partial charge in [0.25, 0.3) is 5.89 Å². The van der Waals surface area contributed by atoms with Crippen molar-refractivity contribution in [2.45, 2.75) is 25.7 Å². The number of aromatic nitrogens is 4. The number of hydrogen-bond acceptors (Lipinski definition) is 5. The summed E-state index contributed by atoms with van der Waals surface area (Å²) in [6.07, 6.45) is 4.13. The molecule has 2 heterocycles. The SMILES string of the molecule is Cc1nc(C2CC2)ncc1-c1nnc(-c2ccc(Cl)cc2)o1. The maximum atomic E-state index is 5.88. The predicted molar refractivity (Wildman–Crippen MR) is 82.5 cm³/mol. The van der Waals surface area contributed by atoms with Gasteiger partial charge in [0.2, 0.25) is 5.89 Å². The normalized spacial score (nSPS) is 14.3. The molecule has 4 rings (SSSR count). The largest absolute Gasteiger partial charge is 0.416 e. The lowest BCUT2D eigenvalue weighted by atomic mass is 10.2. The Morgan fingerprint density at radius 2 is 1.82 bits per heavy atom. The number of nitrogens with zero attached hydrogens (tertiary/aromatic N) is 4. The van der Waals surface area contributed by atoms with E-state index in [1.807, 2.05) is 19.1 Å². The van der Waals surface area contributed by atoms with E-state index in [-0.39, 0.29) is 0 Å². The smallest absolute Gasteiger partial charge is 0.251 e. The van der Waals surface area contributed by atoms with Crippen LogP contribution in [0, 0.1) is 6.92 Å². The molecule has 1 aliphatic carbocycles. The Morgan fingerprint density at radius 1 is 1.09 bits per heavy atom. The molecular formula is C16H13ClN4O. The fourth-order valence-corrected chi connectivity index (χ4v) is 2.40. The maximum absolute atomic E-state index is 5.88. The molecule has 0 N–H and O–H groups in total. The molecule has 0 amide bonds. The van der Waals surface area contributed by atoms with E-state index in [4.69, 9.17) is 16.0 Å². The molecule has 5 nitrogen and oxygen atoms in total. The van der Waals surface area contributed by atoms with Crippen LogP contribution in [0.2, 0.25) is 5.02 Å². The first-order valence-corrected chi connectivity index (χ1v) is 7.52. The highest BCUT2D eigenvalue weighted by Gasteiger charge is 2.27. The van der Waals surface area contributed by atoms with Gasteiger partial charge in [0.05, 0.1) is 11.3 Å². The molecule has 110 valence electrons. The van der Waals surface area contributed by atoms with Gasteiger partial charge in [-0.1, -0.05) is 11.6 Å². The third-order valence-corrected chi connectivity index (χ3v) is 3.94. The van der Waals surface area contributed by atoms with Gasteiger partial charge in [-0.3, -0.25) is 0 Å². The van der Waals surface area contributed by atoms with Crippen LogP contribution in [-0.2, 0) is 0 Å². The Bertz CT molecular complexity index is 824. The van der Waals surface area contributed by atoms with Crippen LogP contribution in [0.1, 0.15) is 30.3 Å². The molecule has 3 aromatic rings. The average Bonchev–Trinajstić information content (AvgIpc) is 3.26. The van der Waals surface area contributed by atoms with Crippen molar-refractivity contribution in [3.63, 3.8) is 0 Å². The minimum absolute atomic E-state index is 0.435. The average molecular weight is 313 g/mol. The number of aryl methyl sites for hydroxylation is 1. The third-order valence-electron chi connectivity index (χ3n) is 3.69. The van der Waals surface area contributed by atoms with Gasteiger partial charge in [-0.05, 0) is 44.0 Å². The molecule has 1 aromatic carbocycles. The first-order chi connectivity index (χ1) is 10.7. The molecule has 22 heavy (non-hydrogen) atoms. The van der Waals surface area contributed by atoms with Crippen LogP contribution >= 0.6 is 11.6 Å². The van der Waals surface area contributed by atoms with E-state index in [9.17, 15) is 0 Å². The quantitative estimate of drug-likeness (QED) is 0.730. The van der Waals surface area contributed by atoms with Crippen molar-refractivity contribution in [3.05, 3.63) is 47.0 Å². The highest BCUT2D eigenvalue weighted by Crippen LogP contribution is 2.38. The van der Waals surface area contributed by atoms with Crippen LogP contribution in [0.15, 0.2) is 34.9 Å². The molecule has 0 unspecified atom stereocenters. The minimum atomic E-state index is 0.435. The molecule has 0 radical (unpaired) electrons. The number of benzene rings is 1. The molecule has 0 atom stereocenters. The van der Waals surface area contributed by atoms with E-state index in [2.05, 4.69) is 20.2 Å². The summed E-state index contributed by atoms with van der Waals surface area (Å²) >= 11 is 5.88. The molecule has 2 aromatic heterocycles. The van der Waals surface area contributed by atoms with Crippen LogP contribution in [0.5, 0.6) is 0 Å². The molecule has 0 spiro atoms. The Hall–Kier alpha value is -2.27. The summed E-state index contributed by atoms with van der Waals surface area (Å²) in [5, 5.41) is 8.86. The highest BCUT2D eigenvalue weighted by molar-refractivity contribution is 6.30. The van der Waals surface area contributed by atoms with Gasteiger partial charge in [-0.15, -0.1) is 10.2 Å². The van der Waals surface area contributed by atoms with Crippen molar-refractivity contribution in [1.82, 2.24) is 20.2 Å². The lowest BCUT2D eigenvalue weighted by molar-refractivity contribution is 0.583. The lowest BCUT2D eigenvalue weighted by Crippen LogP contribution is -1.97. The lowest BCUT2D eigenvalue weighted by Gasteiger charge is -2.02. The second-order valence-electron chi connectivity index (χ2n) is 5.42. The maximum Gasteiger partial charge on any atom is 0.251 e. The van der Waals surface area contributed by atoms with Crippen LogP contribution < -0.4 is 0 Å². The zero-order valence-corrected chi connectivity index (χ0v) is 12.7. The summed E-state index contributed by atoms with van der Waals surface area (Å²) in [6.45, 7) is 1.94. The van der Waals surface area contributed by atoms with Crippen LogP contribution in [0.4, 0.5) is 0 Å². The van der Waals surface area contributed by atoms with Crippen molar-refractivity contribution >= 4 is 11.6 Å². The molecule has 1 fully saturated rings. The van der Waals surface area contributed by atoms with Gasteiger partial charge < -0.3 is 4.42 Å². The van der Waals surface area contributed by atoms with E-state index >= 15 is 0 Å². The Balaban J connectivity index is 1.67. The Morgan fingerprint density at radius 3 is 2.50 bits per heavy atom. The molecule has 1 aliphatic rings. The third kappa shape index (κ3) is 2.48. The van der Waals surface area contributed by atoms with Crippen molar-refractivity contribution < 1.29 is 4.42 Å². The van der Waals surface area contributed by atoms with E-state index in [0.29, 0.717) is 22.7 Å². The van der Waals surface area contributed by atoms with Gasteiger partial charge in [0.15, 0.2) is 0 Å². The zero-order chi connectivity index (χ0) is 15.1. The van der Waals surface area contributed by atoms with Crippen molar-refractivity contribution in [2.75, 3.05) is 0 Å². The zero-order valence-electron chi connectivity index (χ0n) is 12.0. The van der Waals surface area contributed by atoms with Crippen LogP contribution in [0.3, 0.4) is 0 Å². The second-order valence-corrected chi connectivity index (χ2v) is 5.86. The van der Waals surface area contributed by atoms with E-state index in [1.165, 1.54) is 12.8 Å². The number of halogens is 1. The molecule has 0 bridgehead atoms. The molecular weight excluding hydrogens is 300 g/mol. The van der Waals surface area contributed by atoms with E-state index in [1.54, 1.807) is 18.3 Å². The van der Waals surface area contributed by atoms with E-state index < -0.39 is 0 Å². The standard InChI is InChI=1S/C16H13ClN4O/c1-9-13(8-18-14(19-9)10-2-3-10)16-21-20-15(22-16)11-4-6-12(17)7-5-11/h4-8,10H,2-3H2,1H3. The first kappa shape index (κ1) is 13.4. The summed E-state index contributed by atoms with van der Waals surface area (Å²) in [6, 6.07) is 7.28. The summed E-state index contributed by atoms with van der Waals surface area (Å²) in [5.74, 6) is 2.33. The number of rotatable bonds is 3. The summed E-state index contributed by atoms with van der Waals surface area (Å²) in [4.78, 5) is 8.96. The highest BCUT2D eigenvalue weighted by atomic mass is 35.5. The van der Waals surface area contributed by atoms with Crippen molar-refractivity contribution in [2.24, 2.45) is 0 Å². The first-order valence-electron chi connectivity index (χ1n) is 7.14. The van der Waals surface area contributed by atoms with Crippen LogP contribution in [-0.4, -0.2) is 20.2 Å².